The fourth-order valence-corrected chi connectivity index (χ4v) is 5.23. The first-order valence-corrected chi connectivity index (χ1v) is 11.9. The summed E-state index contributed by atoms with van der Waals surface area (Å²) in [4.78, 5) is 27.1. The van der Waals surface area contributed by atoms with Crippen LogP contribution in [0.1, 0.15) is 36.2 Å². The van der Waals surface area contributed by atoms with Crippen molar-refractivity contribution in [2.45, 2.75) is 31.5 Å². The number of carbonyl (C=O) groups is 1. The maximum atomic E-state index is 13.1. The van der Waals surface area contributed by atoms with Crippen LogP contribution < -0.4 is 15.0 Å². The molecule has 1 aliphatic heterocycles. The van der Waals surface area contributed by atoms with E-state index in [9.17, 15) is 18.7 Å². The van der Waals surface area contributed by atoms with E-state index < -0.39 is 18.1 Å². The topological polar surface area (TPSA) is 105 Å². The van der Waals surface area contributed by atoms with Crippen molar-refractivity contribution in [3.8, 4) is 16.9 Å². The molecule has 1 aromatic carbocycles. The molecule has 2 aliphatic rings. The number of benzene rings is 1. The molecule has 1 amide bonds. The number of aromatic nitrogens is 4. The van der Waals surface area contributed by atoms with Gasteiger partial charge in [0.25, 0.3) is 0 Å². The lowest BCUT2D eigenvalue weighted by Crippen LogP contribution is -2.48. The molecule has 3 aromatic heterocycles. The van der Waals surface area contributed by atoms with Crippen LogP contribution in [0.5, 0.6) is 5.75 Å². The molecule has 1 aliphatic carbocycles. The number of anilines is 1. The Morgan fingerprint density at radius 1 is 1.16 bits per heavy atom. The Bertz CT molecular complexity index is 1490. The van der Waals surface area contributed by atoms with Crippen molar-refractivity contribution < 1.29 is 23.4 Å². The predicted molar refractivity (Wildman–Crippen MR) is 131 cm³/mol. The SMILES string of the molecule is CC1(O)C[C@H](c2ccccc2OC(F)F)c2c1nc1ccc(-c3cnc(N4CCNC(=O)C4)nc3)cn21. The Labute approximate surface area is 210 Å². The van der Waals surface area contributed by atoms with Gasteiger partial charge < -0.3 is 24.5 Å². The first-order valence-electron chi connectivity index (χ1n) is 11.9. The third-order valence-corrected chi connectivity index (χ3v) is 6.90. The second-order valence-corrected chi connectivity index (χ2v) is 9.48. The van der Waals surface area contributed by atoms with Gasteiger partial charge in [0.05, 0.1) is 17.9 Å². The molecule has 9 nitrogen and oxygen atoms in total. The minimum Gasteiger partial charge on any atom is -0.435 e. The number of imidazole rings is 1. The minimum absolute atomic E-state index is 0.0655. The molecule has 1 fully saturated rings. The Balaban J connectivity index is 1.40. The molecule has 0 bridgehead atoms. The number of alkyl halides is 2. The number of rotatable bonds is 5. The third kappa shape index (κ3) is 4.14. The van der Waals surface area contributed by atoms with E-state index in [1.807, 2.05) is 27.6 Å². The zero-order valence-electron chi connectivity index (χ0n) is 19.9. The number of hydrogen-bond donors (Lipinski definition) is 2. The summed E-state index contributed by atoms with van der Waals surface area (Å²) < 4.78 is 32.9. The molecule has 0 saturated carbocycles. The van der Waals surface area contributed by atoms with Crippen molar-refractivity contribution in [3.63, 3.8) is 0 Å². The van der Waals surface area contributed by atoms with Gasteiger partial charge in [-0.15, -0.1) is 0 Å². The number of para-hydroxylation sites is 1. The fourth-order valence-electron chi connectivity index (χ4n) is 5.23. The van der Waals surface area contributed by atoms with Gasteiger partial charge in [-0.05, 0) is 31.5 Å². The van der Waals surface area contributed by atoms with Crippen molar-refractivity contribution in [3.05, 3.63) is 71.9 Å². The van der Waals surface area contributed by atoms with Gasteiger partial charge in [-0.2, -0.15) is 8.78 Å². The van der Waals surface area contributed by atoms with Crippen LogP contribution in [0.25, 0.3) is 16.8 Å². The van der Waals surface area contributed by atoms with Crippen LogP contribution in [-0.4, -0.2) is 56.6 Å². The predicted octanol–water partition coefficient (Wildman–Crippen LogP) is 3.07. The number of fused-ring (bicyclic) bond motifs is 3. The molecule has 4 heterocycles. The van der Waals surface area contributed by atoms with Gasteiger partial charge >= 0.3 is 6.61 Å². The molecule has 0 radical (unpaired) electrons. The van der Waals surface area contributed by atoms with Gasteiger partial charge in [0.2, 0.25) is 11.9 Å². The number of hydrogen-bond acceptors (Lipinski definition) is 7. The highest BCUT2D eigenvalue weighted by Crippen LogP contribution is 2.49. The number of pyridine rings is 1. The van der Waals surface area contributed by atoms with Crippen molar-refractivity contribution in [2.75, 3.05) is 24.5 Å². The van der Waals surface area contributed by atoms with E-state index in [2.05, 4.69) is 20.3 Å². The Morgan fingerprint density at radius 3 is 2.70 bits per heavy atom. The molecular weight excluding hydrogens is 482 g/mol. The van der Waals surface area contributed by atoms with E-state index >= 15 is 0 Å². The largest absolute Gasteiger partial charge is 0.435 e. The second kappa shape index (κ2) is 8.77. The van der Waals surface area contributed by atoms with Crippen LogP contribution in [0.3, 0.4) is 0 Å². The van der Waals surface area contributed by atoms with E-state index in [-0.39, 0.29) is 24.6 Å². The monoisotopic (exact) mass is 506 g/mol. The fraction of sp³-hybridized carbons (Fsp3) is 0.308. The van der Waals surface area contributed by atoms with Gasteiger partial charge in [0, 0.05) is 54.3 Å². The summed E-state index contributed by atoms with van der Waals surface area (Å²) >= 11 is 0. The van der Waals surface area contributed by atoms with Gasteiger partial charge in [0.15, 0.2) is 0 Å². The van der Waals surface area contributed by atoms with Crippen LogP contribution in [0.4, 0.5) is 14.7 Å². The zero-order chi connectivity index (χ0) is 25.7. The molecule has 0 spiro atoms. The lowest BCUT2D eigenvalue weighted by atomic mass is 9.93. The second-order valence-electron chi connectivity index (χ2n) is 9.48. The Hall–Kier alpha value is -4.12. The first-order chi connectivity index (χ1) is 17.8. The van der Waals surface area contributed by atoms with E-state index in [0.717, 1.165) is 16.8 Å². The molecule has 4 aromatic rings. The molecule has 1 unspecified atom stereocenters. The average Bonchev–Trinajstić information content (AvgIpc) is 3.39. The number of ether oxygens (including phenoxy) is 1. The van der Waals surface area contributed by atoms with E-state index in [4.69, 9.17) is 4.74 Å². The van der Waals surface area contributed by atoms with E-state index in [1.54, 1.807) is 37.5 Å². The highest BCUT2D eigenvalue weighted by atomic mass is 19.3. The zero-order valence-corrected chi connectivity index (χ0v) is 19.9. The van der Waals surface area contributed by atoms with Crippen molar-refractivity contribution in [2.24, 2.45) is 0 Å². The molecule has 6 rings (SSSR count). The number of piperazine rings is 1. The average molecular weight is 507 g/mol. The lowest BCUT2D eigenvalue weighted by Gasteiger charge is -2.26. The highest BCUT2D eigenvalue weighted by Gasteiger charge is 2.44. The Morgan fingerprint density at radius 2 is 1.95 bits per heavy atom. The van der Waals surface area contributed by atoms with Crippen molar-refractivity contribution in [1.29, 1.82) is 0 Å². The van der Waals surface area contributed by atoms with Gasteiger partial charge in [-0.3, -0.25) is 4.79 Å². The smallest absolute Gasteiger partial charge is 0.387 e. The number of nitrogens with one attached hydrogen (secondary N) is 1. The molecule has 37 heavy (non-hydrogen) atoms. The van der Waals surface area contributed by atoms with Crippen LogP contribution in [0, 0.1) is 0 Å². The minimum atomic E-state index is -2.96. The van der Waals surface area contributed by atoms with E-state index in [0.29, 0.717) is 35.9 Å². The third-order valence-electron chi connectivity index (χ3n) is 6.90. The summed E-state index contributed by atoms with van der Waals surface area (Å²) in [5, 5.41) is 14.0. The number of nitrogens with zero attached hydrogens (tertiary/aromatic N) is 5. The van der Waals surface area contributed by atoms with Crippen LogP contribution >= 0.6 is 0 Å². The quantitative estimate of drug-likeness (QED) is 0.429. The maximum Gasteiger partial charge on any atom is 0.387 e. The number of halogens is 2. The summed E-state index contributed by atoms with van der Waals surface area (Å²) in [6.45, 7) is 0.117. The summed E-state index contributed by atoms with van der Waals surface area (Å²) in [6.07, 6.45) is 5.57. The normalized spacial score (nSPS) is 21.4. The van der Waals surface area contributed by atoms with Crippen LogP contribution in [-0.2, 0) is 10.4 Å². The van der Waals surface area contributed by atoms with E-state index in [1.165, 1.54) is 6.07 Å². The molecule has 190 valence electrons. The van der Waals surface area contributed by atoms with Crippen LogP contribution in [0.15, 0.2) is 55.0 Å². The highest BCUT2D eigenvalue weighted by molar-refractivity contribution is 5.82. The number of carbonyl (C=O) groups excluding carboxylic acids is 1. The number of amides is 1. The van der Waals surface area contributed by atoms with Crippen molar-refractivity contribution in [1.82, 2.24) is 24.7 Å². The maximum absolute atomic E-state index is 13.1. The van der Waals surface area contributed by atoms with Gasteiger partial charge in [-0.1, -0.05) is 18.2 Å². The molecule has 2 N–H and O–H groups in total. The molecular formula is C26H24F2N6O3. The van der Waals surface area contributed by atoms with Gasteiger partial charge in [0.1, 0.15) is 17.0 Å². The lowest BCUT2D eigenvalue weighted by molar-refractivity contribution is -0.120. The standard InChI is InChI=1S/C26H24F2N6O3/c1-26(36)10-18(17-4-2-3-5-19(17)37-24(27)28)22-23(26)32-20-7-6-15(13-34(20)22)16-11-30-25(31-12-16)33-9-8-29-21(35)14-33/h2-7,11-13,18,24,36H,8-10,14H2,1H3,(H,29,35)/t18-,26?/m1/s1. The summed E-state index contributed by atoms with van der Waals surface area (Å²) in [5.41, 5.74) is 2.77. The molecule has 2 atom stereocenters. The Kier molecular flexibility index (Phi) is 5.52. The van der Waals surface area contributed by atoms with Crippen LogP contribution in [0.2, 0.25) is 0 Å². The summed E-state index contributed by atoms with van der Waals surface area (Å²) in [6, 6.07) is 10.4. The van der Waals surface area contributed by atoms with Crippen molar-refractivity contribution >= 4 is 17.5 Å². The summed E-state index contributed by atoms with van der Waals surface area (Å²) in [7, 11) is 0. The molecule has 11 heteroatoms. The number of aliphatic hydroxyl groups is 1. The van der Waals surface area contributed by atoms with Gasteiger partial charge in [-0.25, -0.2) is 15.0 Å². The molecule has 1 saturated heterocycles. The first kappa shape index (κ1) is 23.3. The summed E-state index contributed by atoms with van der Waals surface area (Å²) in [5.74, 6) is 0.0842.